The monoisotopic (exact) mass is 262 g/mol. The van der Waals surface area contributed by atoms with Crippen molar-refractivity contribution in [2.45, 2.75) is 19.4 Å². The lowest BCUT2D eigenvalue weighted by atomic mass is 10.2. The molecule has 0 amide bonds. The van der Waals surface area contributed by atoms with Gasteiger partial charge in [-0.15, -0.1) is 0 Å². The zero-order chi connectivity index (χ0) is 12.0. The molecule has 0 fully saturated rings. The van der Waals surface area contributed by atoms with Crippen LogP contribution in [0.15, 0.2) is 18.2 Å². The summed E-state index contributed by atoms with van der Waals surface area (Å²) in [5.74, 6) is -0.807. The molecule has 0 aliphatic heterocycles. The third kappa shape index (κ3) is 4.84. The molecular formula is C11H12Cl2O3. The fourth-order valence-corrected chi connectivity index (χ4v) is 1.47. The molecule has 1 aromatic carbocycles. The summed E-state index contributed by atoms with van der Waals surface area (Å²) in [6, 6.07) is 5.27. The summed E-state index contributed by atoms with van der Waals surface area (Å²) in [7, 11) is 0. The van der Waals surface area contributed by atoms with Crippen LogP contribution in [-0.2, 0) is 16.1 Å². The van der Waals surface area contributed by atoms with E-state index in [1.807, 2.05) is 6.07 Å². The maximum atomic E-state index is 10.2. The first-order valence-corrected chi connectivity index (χ1v) is 5.58. The molecular weight excluding hydrogens is 251 g/mol. The molecule has 88 valence electrons. The highest BCUT2D eigenvalue weighted by molar-refractivity contribution is 6.42. The standard InChI is InChI=1S/C11H12Cl2O3/c12-9-4-3-8(6-10(9)13)7-16-5-1-2-11(14)15/h3-4,6H,1-2,5,7H2,(H,14,15). The number of benzene rings is 1. The second-order valence-electron chi connectivity index (χ2n) is 3.30. The minimum absolute atomic E-state index is 0.126. The zero-order valence-corrected chi connectivity index (χ0v) is 10.1. The molecule has 0 unspecified atom stereocenters. The van der Waals surface area contributed by atoms with E-state index in [9.17, 15) is 4.79 Å². The predicted molar refractivity (Wildman–Crippen MR) is 63.0 cm³/mol. The molecule has 1 rings (SSSR count). The zero-order valence-electron chi connectivity index (χ0n) is 8.58. The molecule has 3 nitrogen and oxygen atoms in total. The van der Waals surface area contributed by atoms with Crippen LogP contribution in [0.2, 0.25) is 10.0 Å². The third-order valence-corrected chi connectivity index (χ3v) is 2.67. The molecule has 0 saturated heterocycles. The normalized spacial score (nSPS) is 10.4. The Morgan fingerprint density at radius 2 is 2.06 bits per heavy atom. The van der Waals surface area contributed by atoms with Gasteiger partial charge in [0, 0.05) is 13.0 Å². The van der Waals surface area contributed by atoms with E-state index < -0.39 is 5.97 Å². The van der Waals surface area contributed by atoms with Crippen molar-refractivity contribution in [1.29, 1.82) is 0 Å². The molecule has 5 heteroatoms. The summed E-state index contributed by atoms with van der Waals surface area (Å²) in [6.07, 6.45) is 0.637. The van der Waals surface area contributed by atoms with Crippen LogP contribution in [0, 0.1) is 0 Å². The number of carbonyl (C=O) groups is 1. The average molecular weight is 263 g/mol. The van der Waals surface area contributed by atoms with Gasteiger partial charge in [-0.1, -0.05) is 29.3 Å². The highest BCUT2D eigenvalue weighted by Gasteiger charge is 2.00. The third-order valence-electron chi connectivity index (χ3n) is 1.93. The van der Waals surface area contributed by atoms with Crippen molar-refractivity contribution in [3.63, 3.8) is 0 Å². The van der Waals surface area contributed by atoms with Gasteiger partial charge in [-0.25, -0.2) is 0 Å². The Morgan fingerprint density at radius 1 is 1.31 bits per heavy atom. The molecule has 0 saturated carbocycles. The Balaban J connectivity index is 2.27. The lowest BCUT2D eigenvalue weighted by Crippen LogP contribution is -2.00. The minimum atomic E-state index is -0.807. The quantitative estimate of drug-likeness (QED) is 0.800. The van der Waals surface area contributed by atoms with E-state index in [-0.39, 0.29) is 6.42 Å². The van der Waals surface area contributed by atoms with Gasteiger partial charge in [-0.3, -0.25) is 4.79 Å². The topological polar surface area (TPSA) is 46.5 Å². The molecule has 16 heavy (non-hydrogen) atoms. The van der Waals surface area contributed by atoms with Gasteiger partial charge < -0.3 is 9.84 Å². The molecule has 0 aliphatic rings. The highest BCUT2D eigenvalue weighted by Crippen LogP contribution is 2.22. The summed E-state index contributed by atoms with van der Waals surface area (Å²) in [4.78, 5) is 10.2. The number of carboxylic acids is 1. The van der Waals surface area contributed by atoms with E-state index >= 15 is 0 Å². The average Bonchev–Trinajstić information content (AvgIpc) is 2.22. The van der Waals surface area contributed by atoms with Crippen LogP contribution in [0.3, 0.4) is 0 Å². The van der Waals surface area contributed by atoms with Crippen LogP contribution in [0.1, 0.15) is 18.4 Å². The van der Waals surface area contributed by atoms with Crippen molar-refractivity contribution in [3.05, 3.63) is 33.8 Å². The van der Waals surface area contributed by atoms with Gasteiger partial charge in [0.05, 0.1) is 16.7 Å². The summed E-state index contributed by atoms with van der Waals surface area (Å²) < 4.78 is 5.30. The van der Waals surface area contributed by atoms with Gasteiger partial charge in [-0.05, 0) is 24.1 Å². The molecule has 0 radical (unpaired) electrons. The molecule has 1 N–H and O–H groups in total. The van der Waals surface area contributed by atoms with Crippen LogP contribution >= 0.6 is 23.2 Å². The van der Waals surface area contributed by atoms with Crippen molar-refractivity contribution in [1.82, 2.24) is 0 Å². The van der Waals surface area contributed by atoms with Crippen LogP contribution in [-0.4, -0.2) is 17.7 Å². The second-order valence-corrected chi connectivity index (χ2v) is 4.11. The van der Waals surface area contributed by atoms with E-state index in [1.165, 1.54) is 0 Å². The first-order valence-electron chi connectivity index (χ1n) is 4.83. The summed E-state index contributed by atoms with van der Waals surface area (Å²) in [6.45, 7) is 0.836. The van der Waals surface area contributed by atoms with Crippen LogP contribution in [0.4, 0.5) is 0 Å². The van der Waals surface area contributed by atoms with E-state index in [2.05, 4.69) is 0 Å². The molecule has 1 aromatic rings. The fourth-order valence-electron chi connectivity index (χ4n) is 1.14. The first kappa shape index (κ1) is 13.3. The fraction of sp³-hybridized carbons (Fsp3) is 0.364. The van der Waals surface area contributed by atoms with Crippen molar-refractivity contribution in [2.75, 3.05) is 6.61 Å². The molecule has 0 heterocycles. The van der Waals surface area contributed by atoms with E-state index in [0.29, 0.717) is 29.7 Å². The largest absolute Gasteiger partial charge is 0.481 e. The Morgan fingerprint density at radius 3 is 2.69 bits per heavy atom. The SMILES string of the molecule is O=C(O)CCCOCc1ccc(Cl)c(Cl)c1. The maximum Gasteiger partial charge on any atom is 0.303 e. The molecule has 0 aromatic heterocycles. The first-order chi connectivity index (χ1) is 7.59. The van der Waals surface area contributed by atoms with E-state index in [0.717, 1.165) is 5.56 Å². The summed E-state index contributed by atoms with van der Waals surface area (Å²) in [5.41, 5.74) is 0.921. The number of hydrogen-bond acceptors (Lipinski definition) is 2. The molecule has 0 spiro atoms. The molecule has 0 aliphatic carbocycles. The Hall–Kier alpha value is -0.770. The van der Waals surface area contributed by atoms with E-state index in [1.54, 1.807) is 12.1 Å². The van der Waals surface area contributed by atoms with Crippen LogP contribution < -0.4 is 0 Å². The Labute approximate surface area is 104 Å². The van der Waals surface area contributed by atoms with Gasteiger partial charge in [0.25, 0.3) is 0 Å². The van der Waals surface area contributed by atoms with Gasteiger partial charge in [0.2, 0.25) is 0 Å². The number of ether oxygens (including phenoxy) is 1. The number of hydrogen-bond donors (Lipinski definition) is 1. The van der Waals surface area contributed by atoms with Crippen LogP contribution in [0.25, 0.3) is 0 Å². The summed E-state index contributed by atoms with van der Waals surface area (Å²) in [5, 5.41) is 9.41. The Kier molecular flexibility index (Phi) is 5.60. The van der Waals surface area contributed by atoms with E-state index in [4.69, 9.17) is 33.0 Å². The number of carboxylic acid groups (broad SMARTS) is 1. The predicted octanol–water partition coefficient (Wildman–Crippen LogP) is 3.37. The lowest BCUT2D eigenvalue weighted by molar-refractivity contribution is -0.137. The second kappa shape index (κ2) is 6.74. The molecule has 0 atom stereocenters. The van der Waals surface area contributed by atoms with Crippen molar-refractivity contribution in [2.24, 2.45) is 0 Å². The van der Waals surface area contributed by atoms with Gasteiger partial charge in [0.1, 0.15) is 0 Å². The Bertz CT molecular complexity index is 366. The van der Waals surface area contributed by atoms with Gasteiger partial charge in [-0.2, -0.15) is 0 Å². The highest BCUT2D eigenvalue weighted by atomic mass is 35.5. The lowest BCUT2D eigenvalue weighted by Gasteiger charge is -2.04. The van der Waals surface area contributed by atoms with Crippen molar-refractivity contribution < 1.29 is 14.6 Å². The van der Waals surface area contributed by atoms with Gasteiger partial charge in [0.15, 0.2) is 0 Å². The maximum absolute atomic E-state index is 10.2. The van der Waals surface area contributed by atoms with Crippen molar-refractivity contribution >= 4 is 29.2 Å². The van der Waals surface area contributed by atoms with Crippen LogP contribution in [0.5, 0.6) is 0 Å². The number of halogens is 2. The smallest absolute Gasteiger partial charge is 0.303 e. The minimum Gasteiger partial charge on any atom is -0.481 e. The van der Waals surface area contributed by atoms with Gasteiger partial charge >= 0.3 is 5.97 Å². The number of rotatable bonds is 6. The summed E-state index contributed by atoms with van der Waals surface area (Å²) >= 11 is 11.6. The molecule has 0 bridgehead atoms. The van der Waals surface area contributed by atoms with Crippen molar-refractivity contribution in [3.8, 4) is 0 Å². The number of aliphatic carboxylic acids is 1.